The molecular formula is C13H18Cl2N2O2S. The van der Waals surface area contributed by atoms with Crippen LogP contribution in [-0.4, -0.2) is 38.4 Å². The zero-order valence-corrected chi connectivity index (χ0v) is 13.6. The molecule has 1 aliphatic heterocycles. The first-order chi connectivity index (χ1) is 9.45. The third kappa shape index (κ3) is 3.46. The van der Waals surface area contributed by atoms with Crippen LogP contribution in [0.15, 0.2) is 23.1 Å². The van der Waals surface area contributed by atoms with E-state index in [-0.39, 0.29) is 10.9 Å². The minimum Gasteiger partial charge on any atom is -0.315 e. The summed E-state index contributed by atoms with van der Waals surface area (Å²) < 4.78 is 27.0. The summed E-state index contributed by atoms with van der Waals surface area (Å²) in [5.41, 5.74) is 0. The van der Waals surface area contributed by atoms with Gasteiger partial charge in [0.1, 0.15) is 0 Å². The Hall–Kier alpha value is -0.330. The summed E-state index contributed by atoms with van der Waals surface area (Å²) >= 11 is 11.8. The summed E-state index contributed by atoms with van der Waals surface area (Å²) in [6, 6.07) is 4.40. The molecule has 7 heteroatoms. The van der Waals surface area contributed by atoms with Gasteiger partial charge in [0.2, 0.25) is 10.0 Å². The molecule has 2 rings (SSSR count). The molecule has 0 aliphatic carbocycles. The van der Waals surface area contributed by atoms with Crippen LogP contribution in [-0.2, 0) is 10.0 Å². The molecule has 4 nitrogen and oxygen atoms in total. The van der Waals surface area contributed by atoms with Crippen molar-refractivity contribution in [3.05, 3.63) is 28.2 Å². The molecule has 0 saturated carbocycles. The van der Waals surface area contributed by atoms with Crippen LogP contribution in [0, 0.1) is 0 Å². The number of nitrogens with zero attached hydrogens (tertiary/aromatic N) is 1. The molecule has 0 radical (unpaired) electrons. The van der Waals surface area contributed by atoms with E-state index in [0.29, 0.717) is 23.1 Å². The monoisotopic (exact) mass is 336 g/mol. The smallest absolute Gasteiger partial charge is 0.243 e. The van der Waals surface area contributed by atoms with E-state index in [9.17, 15) is 8.42 Å². The van der Waals surface area contributed by atoms with E-state index < -0.39 is 10.0 Å². The highest BCUT2D eigenvalue weighted by Crippen LogP contribution is 2.26. The lowest BCUT2D eigenvalue weighted by molar-refractivity contribution is 0.274. The van der Waals surface area contributed by atoms with Crippen molar-refractivity contribution in [3.8, 4) is 0 Å². The molecule has 1 N–H and O–H groups in total. The van der Waals surface area contributed by atoms with Gasteiger partial charge in [-0.15, -0.1) is 0 Å². The Morgan fingerprint density at radius 1 is 1.30 bits per heavy atom. The van der Waals surface area contributed by atoms with Gasteiger partial charge in [0.15, 0.2) is 0 Å². The minimum atomic E-state index is -3.57. The molecular weight excluding hydrogens is 319 g/mol. The van der Waals surface area contributed by atoms with E-state index in [0.717, 1.165) is 19.4 Å². The highest BCUT2D eigenvalue weighted by molar-refractivity contribution is 7.89. The van der Waals surface area contributed by atoms with Crippen LogP contribution in [0.25, 0.3) is 0 Å². The fraction of sp³-hybridized carbons (Fsp3) is 0.538. The second-order valence-electron chi connectivity index (χ2n) is 4.81. The van der Waals surface area contributed by atoms with Crippen LogP contribution >= 0.6 is 23.2 Å². The maximum absolute atomic E-state index is 12.7. The molecule has 0 aromatic heterocycles. The van der Waals surface area contributed by atoms with Crippen molar-refractivity contribution in [2.24, 2.45) is 0 Å². The first kappa shape index (κ1) is 16.0. The van der Waals surface area contributed by atoms with Gasteiger partial charge in [-0.3, -0.25) is 0 Å². The van der Waals surface area contributed by atoms with E-state index in [1.807, 2.05) is 6.92 Å². The quantitative estimate of drug-likeness (QED) is 0.919. The van der Waals surface area contributed by atoms with Gasteiger partial charge in [-0.1, -0.05) is 30.1 Å². The lowest BCUT2D eigenvalue weighted by Gasteiger charge is -2.33. The molecule has 1 fully saturated rings. The van der Waals surface area contributed by atoms with Crippen LogP contribution < -0.4 is 5.32 Å². The number of rotatable bonds is 4. The Morgan fingerprint density at radius 2 is 1.95 bits per heavy atom. The van der Waals surface area contributed by atoms with Crippen LogP contribution in [0.2, 0.25) is 10.0 Å². The molecule has 1 aromatic rings. The van der Waals surface area contributed by atoms with Gasteiger partial charge in [-0.05, 0) is 37.6 Å². The Labute approximate surface area is 130 Å². The Balaban J connectivity index is 2.35. The summed E-state index contributed by atoms with van der Waals surface area (Å²) in [6.45, 7) is 3.90. The Morgan fingerprint density at radius 3 is 2.45 bits per heavy atom. The fourth-order valence-electron chi connectivity index (χ4n) is 2.52. The molecule has 0 spiro atoms. The molecule has 1 saturated heterocycles. The summed E-state index contributed by atoms with van der Waals surface area (Å²) in [6.07, 6.45) is 1.85. The van der Waals surface area contributed by atoms with Gasteiger partial charge in [0.25, 0.3) is 0 Å². The maximum atomic E-state index is 12.7. The largest absolute Gasteiger partial charge is 0.315 e. The average molecular weight is 337 g/mol. The highest BCUT2D eigenvalue weighted by Gasteiger charge is 2.31. The first-order valence-corrected chi connectivity index (χ1v) is 8.83. The van der Waals surface area contributed by atoms with E-state index in [1.54, 1.807) is 0 Å². The predicted octanol–water partition coefficient (Wildman–Crippen LogP) is 2.76. The normalized spacial score (nSPS) is 20.3. The van der Waals surface area contributed by atoms with Crippen molar-refractivity contribution in [2.45, 2.75) is 30.7 Å². The SMILES string of the molecule is CCN(C1CCCNC1)S(=O)(=O)c1cc(Cl)cc(Cl)c1. The number of hydrogen-bond acceptors (Lipinski definition) is 3. The van der Waals surface area contributed by atoms with Crippen LogP contribution in [0.1, 0.15) is 19.8 Å². The number of halogens is 2. The Bertz CT molecular complexity index is 551. The molecule has 112 valence electrons. The number of likely N-dealkylation sites (N-methyl/N-ethyl adjacent to an activating group) is 1. The van der Waals surface area contributed by atoms with E-state index in [2.05, 4.69) is 5.32 Å². The number of benzene rings is 1. The lowest BCUT2D eigenvalue weighted by Crippen LogP contribution is -2.48. The number of nitrogens with one attached hydrogen (secondary N) is 1. The molecule has 0 bridgehead atoms. The Kier molecular flexibility index (Phi) is 5.31. The zero-order chi connectivity index (χ0) is 14.8. The highest BCUT2D eigenvalue weighted by atomic mass is 35.5. The van der Waals surface area contributed by atoms with E-state index in [4.69, 9.17) is 23.2 Å². The fourth-order valence-corrected chi connectivity index (χ4v) is 4.91. The molecule has 1 heterocycles. The molecule has 1 aromatic carbocycles. The number of sulfonamides is 1. The summed E-state index contributed by atoms with van der Waals surface area (Å²) in [7, 11) is -3.57. The molecule has 1 aliphatic rings. The van der Waals surface area contributed by atoms with Crippen LogP contribution in [0.4, 0.5) is 0 Å². The van der Waals surface area contributed by atoms with E-state index in [1.165, 1.54) is 22.5 Å². The van der Waals surface area contributed by atoms with Crippen molar-refractivity contribution < 1.29 is 8.42 Å². The van der Waals surface area contributed by atoms with Crippen LogP contribution in [0.3, 0.4) is 0 Å². The predicted molar refractivity (Wildman–Crippen MR) is 81.9 cm³/mol. The zero-order valence-electron chi connectivity index (χ0n) is 11.3. The van der Waals surface area contributed by atoms with Crippen molar-refractivity contribution >= 4 is 33.2 Å². The molecule has 1 atom stereocenters. The van der Waals surface area contributed by atoms with Crippen molar-refractivity contribution in [2.75, 3.05) is 19.6 Å². The van der Waals surface area contributed by atoms with Gasteiger partial charge in [0.05, 0.1) is 4.90 Å². The molecule has 20 heavy (non-hydrogen) atoms. The van der Waals surface area contributed by atoms with Crippen molar-refractivity contribution in [1.29, 1.82) is 0 Å². The average Bonchev–Trinajstić information content (AvgIpc) is 2.39. The third-order valence-electron chi connectivity index (χ3n) is 3.43. The number of hydrogen-bond donors (Lipinski definition) is 1. The second kappa shape index (κ2) is 6.62. The number of piperidine rings is 1. The van der Waals surface area contributed by atoms with Gasteiger partial charge in [-0.25, -0.2) is 8.42 Å². The first-order valence-electron chi connectivity index (χ1n) is 6.64. The third-order valence-corrected chi connectivity index (χ3v) is 5.87. The van der Waals surface area contributed by atoms with Crippen LogP contribution in [0.5, 0.6) is 0 Å². The second-order valence-corrected chi connectivity index (χ2v) is 7.58. The standard InChI is InChI=1S/C13H18Cl2N2O2S/c1-2-17(12-4-3-5-16-9-12)20(18,19)13-7-10(14)6-11(15)8-13/h6-8,12,16H,2-5,9H2,1H3. The van der Waals surface area contributed by atoms with Gasteiger partial charge < -0.3 is 5.32 Å². The minimum absolute atomic E-state index is 0.0171. The maximum Gasteiger partial charge on any atom is 0.243 e. The van der Waals surface area contributed by atoms with E-state index >= 15 is 0 Å². The van der Waals surface area contributed by atoms with Crippen molar-refractivity contribution in [3.63, 3.8) is 0 Å². The van der Waals surface area contributed by atoms with Gasteiger partial charge in [0, 0.05) is 29.2 Å². The van der Waals surface area contributed by atoms with Gasteiger partial charge in [-0.2, -0.15) is 4.31 Å². The molecule has 1 unspecified atom stereocenters. The topological polar surface area (TPSA) is 49.4 Å². The summed E-state index contributed by atoms with van der Waals surface area (Å²) in [5.74, 6) is 0. The summed E-state index contributed by atoms with van der Waals surface area (Å²) in [5, 5.41) is 3.89. The summed E-state index contributed by atoms with van der Waals surface area (Å²) in [4.78, 5) is 0.155. The van der Waals surface area contributed by atoms with Crippen molar-refractivity contribution in [1.82, 2.24) is 9.62 Å². The van der Waals surface area contributed by atoms with Gasteiger partial charge >= 0.3 is 0 Å². The molecule has 0 amide bonds. The lowest BCUT2D eigenvalue weighted by atomic mass is 10.1.